The summed E-state index contributed by atoms with van der Waals surface area (Å²) in [5.74, 6) is 0.146. The standard InChI is InChI=1S/C13H19N3O3S/c1-16-11(14-12(17)7-20-8-13(18)19)6-10(15-16)9-4-2-3-5-9/h6,9H,2-5,7-8H2,1H3,(H,14,17)(H,18,19). The maximum absolute atomic E-state index is 11.7. The fourth-order valence-electron chi connectivity index (χ4n) is 2.44. The van der Waals surface area contributed by atoms with E-state index in [1.54, 1.807) is 11.7 Å². The van der Waals surface area contributed by atoms with Gasteiger partial charge in [0.1, 0.15) is 5.82 Å². The fourth-order valence-corrected chi connectivity index (χ4v) is 2.97. The Kier molecular flexibility index (Phi) is 5.05. The average Bonchev–Trinajstić information content (AvgIpc) is 2.99. The summed E-state index contributed by atoms with van der Waals surface area (Å²) in [5, 5.41) is 15.7. The maximum Gasteiger partial charge on any atom is 0.313 e. The zero-order chi connectivity index (χ0) is 14.5. The lowest BCUT2D eigenvalue weighted by Crippen LogP contribution is -2.17. The number of carbonyl (C=O) groups is 2. The van der Waals surface area contributed by atoms with Crippen LogP contribution in [0.25, 0.3) is 0 Å². The summed E-state index contributed by atoms with van der Waals surface area (Å²) >= 11 is 1.09. The second-order valence-electron chi connectivity index (χ2n) is 4.99. The highest BCUT2D eigenvalue weighted by Gasteiger charge is 2.21. The SMILES string of the molecule is Cn1nc(C2CCCC2)cc1NC(=O)CSCC(=O)O. The van der Waals surface area contributed by atoms with Crippen molar-refractivity contribution < 1.29 is 14.7 Å². The molecule has 1 aromatic rings. The molecule has 0 aliphatic heterocycles. The summed E-state index contributed by atoms with van der Waals surface area (Å²) in [6.45, 7) is 0. The number of amides is 1. The highest BCUT2D eigenvalue weighted by Crippen LogP contribution is 2.34. The lowest BCUT2D eigenvalue weighted by Gasteiger charge is -2.03. The number of thioether (sulfide) groups is 1. The molecule has 20 heavy (non-hydrogen) atoms. The molecule has 0 unspecified atom stereocenters. The third-order valence-electron chi connectivity index (χ3n) is 3.40. The van der Waals surface area contributed by atoms with Gasteiger partial charge in [0.05, 0.1) is 17.2 Å². The minimum atomic E-state index is -0.910. The molecule has 0 saturated heterocycles. The van der Waals surface area contributed by atoms with Gasteiger partial charge in [0.15, 0.2) is 0 Å². The molecule has 1 fully saturated rings. The Morgan fingerprint density at radius 1 is 1.45 bits per heavy atom. The Balaban J connectivity index is 1.88. The van der Waals surface area contributed by atoms with Crippen LogP contribution >= 0.6 is 11.8 Å². The van der Waals surface area contributed by atoms with E-state index < -0.39 is 5.97 Å². The number of carboxylic acid groups (broad SMARTS) is 1. The number of carbonyl (C=O) groups excluding carboxylic acids is 1. The Hall–Kier alpha value is -1.50. The summed E-state index contributed by atoms with van der Waals surface area (Å²) in [5.41, 5.74) is 1.04. The van der Waals surface area contributed by atoms with Crippen LogP contribution in [0.2, 0.25) is 0 Å². The predicted molar refractivity (Wildman–Crippen MR) is 78.0 cm³/mol. The topological polar surface area (TPSA) is 84.2 Å². The predicted octanol–water partition coefficient (Wildman–Crippen LogP) is 1.83. The first-order chi connectivity index (χ1) is 9.56. The first kappa shape index (κ1) is 14.9. The zero-order valence-electron chi connectivity index (χ0n) is 11.5. The van der Waals surface area contributed by atoms with Crippen LogP contribution in [-0.4, -0.2) is 38.3 Å². The van der Waals surface area contributed by atoms with E-state index in [4.69, 9.17) is 5.11 Å². The van der Waals surface area contributed by atoms with Crippen molar-refractivity contribution in [3.63, 3.8) is 0 Å². The summed E-state index contributed by atoms with van der Waals surface area (Å²) in [4.78, 5) is 22.1. The van der Waals surface area contributed by atoms with Gasteiger partial charge in [-0.05, 0) is 12.8 Å². The number of nitrogens with zero attached hydrogens (tertiary/aromatic N) is 2. The van der Waals surface area contributed by atoms with Crippen molar-refractivity contribution in [2.24, 2.45) is 7.05 Å². The van der Waals surface area contributed by atoms with Crippen molar-refractivity contribution in [1.29, 1.82) is 0 Å². The number of aromatic nitrogens is 2. The lowest BCUT2D eigenvalue weighted by molar-refractivity contribution is -0.133. The fraction of sp³-hybridized carbons (Fsp3) is 0.615. The number of aryl methyl sites for hydroxylation is 1. The van der Waals surface area contributed by atoms with E-state index in [1.807, 2.05) is 6.07 Å². The molecule has 0 bridgehead atoms. The zero-order valence-corrected chi connectivity index (χ0v) is 12.3. The van der Waals surface area contributed by atoms with Crippen LogP contribution in [0, 0.1) is 0 Å². The van der Waals surface area contributed by atoms with Crippen molar-refractivity contribution in [2.75, 3.05) is 16.8 Å². The van der Waals surface area contributed by atoms with Gasteiger partial charge in [-0.15, -0.1) is 11.8 Å². The van der Waals surface area contributed by atoms with E-state index >= 15 is 0 Å². The van der Waals surface area contributed by atoms with E-state index in [1.165, 1.54) is 25.7 Å². The van der Waals surface area contributed by atoms with E-state index in [0.29, 0.717) is 11.7 Å². The van der Waals surface area contributed by atoms with E-state index in [9.17, 15) is 9.59 Å². The number of hydrogen-bond donors (Lipinski definition) is 2. The Morgan fingerprint density at radius 3 is 2.80 bits per heavy atom. The normalized spacial score (nSPS) is 15.4. The van der Waals surface area contributed by atoms with Gasteiger partial charge in [-0.3, -0.25) is 14.3 Å². The molecule has 0 aromatic carbocycles. The molecule has 2 rings (SSSR count). The van der Waals surface area contributed by atoms with Crippen LogP contribution in [0.1, 0.15) is 37.3 Å². The van der Waals surface area contributed by atoms with Gasteiger partial charge in [-0.2, -0.15) is 5.10 Å². The third kappa shape index (κ3) is 4.00. The first-order valence-corrected chi connectivity index (χ1v) is 7.85. The molecule has 1 heterocycles. The van der Waals surface area contributed by atoms with Gasteiger partial charge >= 0.3 is 5.97 Å². The van der Waals surface area contributed by atoms with Crippen LogP contribution in [-0.2, 0) is 16.6 Å². The van der Waals surface area contributed by atoms with Crippen molar-refractivity contribution in [3.05, 3.63) is 11.8 Å². The molecule has 6 nitrogen and oxygen atoms in total. The second kappa shape index (κ2) is 6.78. The molecule has 0 radical (unpaired) electrons. The second-order valence-corrected chi connectivity index (χ2v) is 5.98. The van der Waals surface area contributed by atoms with Gasteiger partial charge in [0, 0.05) is 19.0 Å². The quantitative estimate of drug-likeness (QED) is 0.837. The van der Waals surface area contributed by atoms with E-state index in [2.05, 4.69) is 10.4 Å². The van der Waals surface area contributed by atoms with E-state index in [-0.39, 0.29) is 17.4 Å². The van der Waals surface area contributed by atoms with Gasteiger partial charge in [-0.1, -0.05) is 12.8 Å². The smallest absolute Gasteiger partial charge is 0.313 e. The molecular weight excluding hydrogens is 278 g/mol. The van der Waals surface area contributed by atoms with Gasteiger partial charge < -0.3 is 10.4 Å². The van der Waals surface area contributed by atoms with Crippen molar-refractivity contribution in [2.45, 2.75) is 31.6 Å². The molecule has 1 aliphatic carbocycles. The molecule has 1 aromatic heterocycles. The van der Waals surface area contributed by atoms with E-state index in [0.717, 1.165) is 17.5 Å². The summed E-state index contributed by atoms with van der Waals surface area (Å²) in [6, 6.07) is 1.93. The number of aliphatic carboxylic acids is 1. The number of hydrogen-bond acceptors (Lipinski definition) is 4. The van der Waals surface area contributed by atoms with Crippen molar-refractivity contribution >= 4 is 29.5 Å². The summed E-state index contributed by atoms with van der Waals surface area (Å²) < 4.78 is 1.67. The van der Waals surface area contributed by atoms with Crippen molar-refractivity contribution in [3.8, 4) is 0 Å². The van der Waals surface area contributed by atoms with Crippen LogP contribution in [0.15, 0.2) is 6.07 Å². The van der Waals surface area contributed by atoms with Gasteiger partial charge in [-0.25, -0.2) is 0 Å². The molecule has 110 valence electrons. The molecule has 0 spiro atoms. The molecule has 1 amide bonds. The van der Waals surface area contributed by atoms with Gasteiger partial charge in [0.2, 0.25) is 5.91 Å². The molecule has 2 N–H and O–H groups in total. The minimum Gasteiger partial charge on any atom is -0.481 e. The number of nitrogens with one attached hydrogen (secondary N) is 1. The highest BCUT2D eigenvalue weighted by molar-refractivity contribution is 8.00. The third-order valence-corrected chi connectivity index (χ3v) is 4.32. The first-order valence-electron chi connectivity index (χ1n) is 6.69. The number of rotatable bonds is 6. The molecule has 1 aliphatic rings. The van der Waals surface area contributed by atoms with Crippen molar-refractivity contribution in [1.82, 2.24) is 9.78 Å². The largest absolute Gasteiger partial charge is 0.481 e. The highest BCUT2D eigenvalue weighted by atomic mass is 32.2. The number of anilines is 1. The molecular formula is C13H19N3O3S. The van der Waals surface area contributed by atoms with Gasteiger partial charge in [0.25, 0.3) is 0 Å². The lowest BCUT2D eigenvalue weighted by atomic mass is 10.0. The Labute approximate surface area is 121 Å². The van der Waals surface area contributed by atoms with Crippen LogP contribution in [0.5, 0.6) is 0 Å². The van der Waals surface area contributed by atoms with Crippen LogP contribution in [0.4, 0.5) is 5.82 Å². The molecule has 7 heteroatoms. The molecule has 1 saturated carbocycles. The maximum atomic E-state index is 11.7. The monoisotopic (exact) mass is 297 g/mol. The Bertz CT molecular complexity index is 495. The Morgan fingerprint density at radius 2 is 2.15 bits per heavy atom. The summed E-state index contributed by atoms with van der Waals surface area (Å²) in [6.07, 6.45) is 4.82. The molecule has 0 atom stereocenters. The van der Waals surface area contributed by atoms with Crippen LogP contribution in [0.3, 0.4) is 0 Å². The minimum absolute atomic E-state index is 0.0634. The van der Waals surface area contributed by atoms with Crippen LogP contribution < -0.4 is 5.32 Å². The average molecular weight is 297 g/mol. The summed E-state index contributed by atoms with van der Waals surface area (Å²) in [7, 11) is 1.80. The number of carboxylic acids is 1.